The van der Waals surface area contributed by atoms with E-state index in [1.807, 2.05) is 0 Å². The Morgan fingerprint density at radius 3 is 2.42 bits per heavy atom. The van der Waals surface area contributed by atoms with Crippen LogP contribution in [0.2, 0.25) is 0 Å². The zero-order chi connectivity index (χ0) is 8.55. The van der Waals surface area contributed by atoms with Gasteiger partial charge in [-0.15, -0.1) is 0 Å². The molecule has 0 bridgehead atoms. The Hall–Kier alpha value is -1.71. The number of hydrogen-bond acceptors (Lipinski definition) is 3. The molecule has 1 heterocycles. The molecule has 1 N–H and O–H groups in total. The van der Waals surface area contributed by atoms with Gasteiger partial charge in [-0.25, -0.2) is 14.4 Å². The Labute approximate surface area is 67.5 Å². The number of aromatic nitrogens is 2. The van der Waals surface area contributed by atoms with E-state index >= 15 is 0 Å². The van der Waals surface area contributed by atoms with E-state index in [9.17, 15) is 9.50 Å². The van der Waals surface area contributed by atoms with E-state index in [4.69, 9.17) is 0 Å². The summed E-state index contributed by atoms with van der Waals surface area (Å²) in [6.07, 6.45) is 2.78. The molecule has 0 aliphatic carbocycles. The minimum Gasteiger partial charge on any atom is -0.506 e. The second-order valence-electron chi connectivity index (χ2n) is 2.32. The minimum atomic E-state index is -0.476. The van der Waals surface area contributed by atoms with Crippen molar-refractivity contribution in [2.75, 3.05) is 0 Å². The number of benzene rings is 1. The van der Waals surface area contributed by atoms with Crippen LogP contribution in [0.3, 0.4) is 0 Å². The van der Waals surface area contributed by atoms with Gasteiger partial charge in [0.1, 0.15) is 16.8 Å². The topological polar surface area (TPSA) is 46.0 Å². The van der Waals surface area contributed by atoms with Crippen LogP contribution in [0.5, 0.6) is 5.75 Å². The summed E-state index contributed by atoms with van der Waals surface area (Å²) in [5.41, 5.74) is 0.287. The maximum absolute atomic E-state index is 13.0. The average molecular weight is 164 g/mol. The lowest BCUT2D eigenvalue weighted by Gasteiger charge is -1.98. The molecule has 0 fully saturated rings. The van der Waals surface area contributed by atoms with E-state index in [0.29, 0.717) is 0 Å². The fraction of sp³-hybridized carbons (Fsp3) is 0. The number of halogens is 1. The molecule has 1 aromatic carbocycles. The van der Waals surface area contributed by atoms with Gasteiger partial charge in [-0.1, -0.05) is 0 Å². The third-order valence-corrected chi connectivity index (χ3v) is 1.55. The first-order chi connectivity index (χ1) is 5.79. The van der Waals surface area contributed by atoms with Crippen LogP contribution in [-0.4, -0.2) is 15.1 Å². The van der Waals surface area contributed by atoms with Crippen molar-refractivity contribution >= 4 is 11.0 Å². The zero-order valence-corrected chi connectivity index (χ0v) is 6.03. The Morgan fingerprint density at radius 1 is 1.08 bits per heavy atom. The highest BCUT2D eigenvalue weighted by atomic mass is 19.1. The van der Waals surface area contributed by atoms with Gasteiger partial charge in [-0.2, -0.15) is 0 Å². The number of aromatic hydroxyl groups is 1. The molecular formula is C8H5FN2O. The molecule has 0 saturated heterocycles. The molecule has 0 amide bonds. The van der Waals surface area contributed by atoms with E-state index in [0.717, 1.165) is 6.07 Å². The first-order valence-electron chi connectivity index (χ1n) is 3.37. The first kappa shape index (κ1) is 6.97. The number of phenolic OH excluding ortho intramolecular Hbond substituents is 1. The van der Waals surface area contributed by atoms with Gasteiger partial charge >= 0.3 is 0 Å². The van der Waals surface area contributed by atoms with E-state index in [1.54, 1.807) is 0 Å². The normalized spacial score (nSPS) is 10.4. The maximum atomic E-state index is 13.0. The summed E-state index contributed by atoms with van der Waals surface area (Å²) >= 11 is 0. The van der Waals surface area contributed by atoms with Crippen molar-refractivity contribution in [2.45, 2.75) is 0 Å². The van der Waals surface area contributed by atoms with Crippen molar-refractivity contribution in [3.05, 3.63) is 30.3 Å². The van der Waals surface area contributed by atoms with Crippen LogP contribution in [0, 0.1) is 5.82 Å². The van der Waals surface area contributed by atoms with Crippen LogP contribution in [0.15, 0.2) is 24.5 Å². The lowest BCUT2D eigenvalue weighted by Crippen LogP contribution is -1.86. The SMILES string of the molecule is Oc1ccc(F)c2nccnc12. The Kier molecular flexibility index (Phi) is 1.40. The molecule has 60 valence electrons. The molecule has 2 aromatic rings. The number of rotatable bonds is 0. The molecule has 2 rings (SSSR count). The van der Waals surface area contributed by atoms with Gasteiger partial charge in [-0.3, -0.25) is 0 Å². The number of nitrogens with zero attached hydrogens (tertiary/aromatic N) is 2. The third-order valence-electron chi connectivity index (χ3n) is 1.55. The monoisotopic (exact) mass is 164 g/mol. The molecule has 4 heteroatoms. The summed E-state index contributed by atoms with van der Waals surface area (Å²) in [5.74, 6) is -0.532. The highest BCUT2D eigenvalue weighted by molar-refractivity contribution is 5.80. The lowest BCUT2D eigenvalue weighted by atomic mass is 10.2. The van der Waals surface area contributed by atoms with Crippen LogP contribution in [-0.2, 0) is 0 Å². The van der Waals surface area contributed by atoms with Crippen molar-refractivity contribution in [1.82, 2.24) is 9.97 Å². The molecule has 0 aliphatic rings. The molecule has 1 aromatic heterocycles. The van der Waals surface area contributed by atoms with Crippen LogP contribution in [0.4, 0.5) is 4.39 Å². The van der Waals surface area contributed by atoms with Crippen LogP contribution < -0.4 is 0 Å². The maximum Gasteiger partial charge on any atom is 0.151 e. The van der Waals surface area contributed by atoms with E-state index in [-0.39, 0.29) is 16.8 Å². The van der Waals surface area contributed by atoms with Gasteiger partial charge in [-0.05, 0) is 12.1 Å². The van der Waals surface area contributed by atoms with Gasteiger partial charge in [0.25, 0.3) is 0 Å². The first-order valence-corrected chi connectivity index (χ1v) is 3.37. The molecule has 0 spiro atoms. The fourth-order valence-corrected chi connectivity index (χ4v) is 1.01. The van der Waals surface area contributed by atoms with E-state index in [1.165, 1.54) is 18.5 Å². The molecule has 0 aliphatic heterocycles. The van der Waals surface area contributed by atoms with Crippen LogP contribution in [0.1, 0.15) is 0 Å². The standard InChI is InChI=1S/C8H5FN2O/c9-5-1-2-6(12)8-7(5)10-3-4-11-8/h1-4,12H. The van der Waals surface area contributed by atoms with Crippen LogP contribution in [0.25, 0.3) is 11.0 Å². The summed E-state index contributed by atoms with van der Waals surface area (Å²) in [5, 5.41) is 9.23. The van der Waals surface area contributed by atoms with Gasteiger partial charge in [0.2, 0.25) is 0 Å². The second-order valence-corrected chi connectivity index (χ2v) is 2.32. The highest BCUT2D eigenvalue weighted by Gasteiger charge is 2.05. The molecule has 0 saturated carbocycles. The van der Waals surface area contributed by atoms with Gasteiger partial charge < -0.3 is 5.11 Å². The van der Waals surface area contributed by atoms with Crippen molar-refractivity contribution in [1.29, 1.82) is 0 Å². The number of phenols is 1. The van der Waals surface area contributed by atoms with Crippen molar-refractivity contribution in [2.24, 2.45) is 0 Å². The lowest BCUT2D eigenvalue weighted by molar-refractivity contribution is 0.478. The Bertz CT molecular complexity index is 390. The predicted molar refractivity (Wildman–Crippen MR) is 41.2 cm³/mol. The third kappa shape index (κ3) is 0.887. The summed E-state index contributed by atoms with van der Waals surface area (Å²) < 4.78 is 13.0. The van der Waals surface area contributed by atoms with Crippen molar-refractivity contribution < 1.29 is 9.50 Å². The summed E-state index contributed by atoms with van der Waals surface area (Å²) in [7, 11) is 0. The molecule has 0 unspecified atom stereocenters. The molecule has 0 atom stereocenters. The summed E-state index contributed by atoms with van der Waals surface area (Å²) in [6, 6.07) is 2.42. The van der Waals surface area contributed by atoms with Crippen LogP contribution >= 0.6 is 0 Å². The summed E-state index contributed by atoms with van der Waals surface area (Å²) in [4.78, 5) is 7.53. The van der Waals surface area contributed by atoms with Crippen molar-refractivity contribution in [3.8, 4) is 5.75 Å². The molecule has 0 radical (unpaired) electrons. The van der Waals surface area contributed by atoms with Crippen molar-refractivity contribution in [3.63, 3.8) is 0 Å². The van der Waals surface area contributed by atoms with E-state index in [2.05, 4.69) is 9.97 Å². The highest BCUT2D eigenvalue weighted by Crippen LogP contribution is 2.21. The Morgan fingerprint density at radius 2 is 1.75 bits per heavy atom. The fourth-order valence-electron chi connectivity index (χ4n) is 1.01. The molecule has 12 heavy (non-hydrogen) atoms. The number of fused-ring (bicyclic) bond motifs is 1. The predicted octanol–water partition coefficient (Wildman–Crippen LogP) is 1.47. The van der Waals surface area contributed by atoms with Gasteiger partial charge in [0, 0.05) is 12.4 Å². The van der Waals surface area contributed by atoms with E-state index < -0.39 is 5.82 Å². The minimum absolute atomic E-state index is 0.0560. The van der Waals surface area contributed by atoms with Gasteiger partial charge in [0.15, 0.2) is 5.82 Å². The quantitative estimate of drug-likeness (QED) is 0.641. The second kappa shape index (κ2) is 2.41. The Balaban J connectivity index is 2.95. The number of hydrogen-bond donors (Lipinski definition) is 1. The largest absolute Gasteiger partial charge is 0.506 e. The summed E-state index contributed by atoms with van der Waals surface area (Å²) in [6.45, 7) is 0. The smallest absolute Gasteiger partial charge is 0.151 e. The molecule has 3 nitrogen and oxygen atoms in total. The zero-order valence-electron chi connectivity index (χ0n) is 6.03. The average Bonchev–Trinajstić information content (AvgIpc) is 2.12. The molecular weight excluding hydrogens is 159 g/mol. The van der Waals surface area contributed by atoms with Gasteiger partial charge in [0.05, 0.1) is 0 Å².